The molecule has 2 aromatic rings. The Balaban J connectivity index is 1.86. The third-order valence-corrected chi connectivity index (χ3v) is 6.27. The summed E-state index contributed by atoms with van der Waals surface area (Å²) in [5.41, 5.74) is 1.66. The molecule has 3 rings (SSSR count). The van der Waals surface area contributed by atoms with Crippen LogP contribution in [0.3, 0.4) is 0 Å². The van der Waals surface area contributed by atoms with Crippen LogP contribution in [-0.4, -0.2) is 33.4 Å². The molecular formula is C20H21ClN2O5S. The van der Waals surface area contributed by atoms with Crippen LogP contribution in [-0.2, 0) is 19.6 Å². The molecule has 0 aromatic heterocycles. The van der Waals surface area contributed by atoms with E-state index in [0.29, 0.717) is 24.2 Å². The maximum absolute atomic E-state index is 12.8. The molecule has 154 valence electrons. The Morgan fingerprint density at radius 2 is 2.00 bits per heavy atom. The Morgan fingerprint density at radius 1 is 1.24 bits per heavy atom. The molecular weight excluding hydrogens is 416 g/mol. The van der Waals surface area contributed by atoms with Crippen LogP contribution in [0.25, 0.3) is 0 Å². The van der Waals surface area contributed by atoms with E-state index in [1.54, 1.807) is 24.8 Å². The van der Waals surface area contributed by atoms with Crippen LogP contribution in [0.1, 0.15) is 35.7 Å². The summed E-state index contributed by atoms with van der Waals surface area (Å²) < 4.78 is 33.0. The zero-order chi connectivity index (χ0) is 21.2. The van der Waals surface area contributed by atoms with Gasteiger partial charge in [0.1, 0.15) is 0 Å². The van der Waals surface area contributed by atoms with Crippen molar-refractivity contribution < 1.29 is 22.7 Å². The summed E-state index contributed by atoms with van der Waals surface area (Å²) in [6.45, 7) is 4.24. The fraction of sp³-hybridized carbons (Fsp3) is 0.300. The molecule has 1 amide bonds. The van der Waals surface area contributed by atoms with Gasteiger partial charge in [0.05, 0.1) is 22.1 Å². The third-order valence-electron chi connectivity index (χ3n) is 4.56. The van der Waals surface area contributed by atoms with Crippen LogP contribution in [0.5, 0.6) is 0 Å². The molecule has 9 heteroatoms. The molecule has 0 saturated carbocycles. The molecule has 1 heterocycles. The number of amides is 1. The first-order chi connectivity index (χ1) is 13.7. The number of hydrogen-bond acceptors (Lipinski definition) is 5. The first-order valence-corrected chi connectivity index (χ1v) is 11.0. The van der Waals surface area contributed by atoms with Gasteiger partial charge in [0, 0.05) is 24.3 Å². The van der Waals surface area contributed by atoms with Gasteiger partial charge in [-0.25, -0.2) is 13.2 Å². The minimum Gasteiger partial charge on any atom is -0.462 e. The molecule has 1 N–H and O–H groups in total. The van der Waals surface area contributed by atoms with Gasteiger partial charge in [0.25, 0.3) is 10.0 Å². The number of nitrogens with zero attached hydrogens (tertiary/aromatic N) is 1. The second-order valence-electron chi connectivity index (χ2n) is 6.62. The Bertz CT molecular complexity index is 1070. The molecule has 0 radical (unpaired) electrons. The summed E-state index contributed by atoms with van der Waals surface area (Å²) in [6, 6.07) is 8.84. The number of sulfonamides is 1. The van der Waals surface area contributed by atoms with Crippen LogP contribution in [0, 0.1) is 6.92 Å². The van der Waals surface area contributed by atoms with E-state index in [4.69, 9.17) is 16.3 Å². The number of ether oxygens (including phenoxy) is 1. The van der Waals surface area contributed by atoms with Crippen molar-refractivity contribution in [3.63, 3.8) is 0 Å². The van der Waals surface area contributed by atoms with Gasteiger partial charge in [-0.1, -0.05) is 11.6 Å². The largest absolute Gasteiger partial charge is 0.462 e. The lowest BCUT2D eigenvalue weighted by atomic mass is 10.2. The monoisotopic (exact) mass is 436 g/mol. The lowest BCUT2D eigenvalue weighted by molar-refractivity contribution is -0.117. The van der Waals surface area contributed by atoms with Crippen molar-refractivity contribution in [1.82, 2.24) is 0 Å². The molecule has 0 spiro atoms. The highest BCUT2D eigenvalue weighted by Crippen LogP contribution is 2.29. The van der Waals surface area contributed by atoms with E-state index in [-0.39, 0.29) is 33.7 Å². The fourth-order valence-electron chi connectivity index (χ4n) is 3.17. The third kappa shape index (κ3) is 4.54. The zero-order valence-electron chi connectivity index (χ0n) is 16.1. The van der Waals surface area contributed by atoms with Crippen LogP contribution in [0.2, 0.25) is 5.02 Å². The summed E-state index contributed by atoms with van der Waals surface area (Å²) in [5, 5.41) is 0.168. The van der Waals surface area contributed by atoms with Gasteiger partial charge in [0.2, 0.25) is 5.91 Å². The van der Waals surface area contributed by atoms with Gasteiger partial charge < -0.3 is 9.64 Å². The smallest absolute Gasteiger partial charge is 0.339 e. The van der Waals surface area contributed by atoms with Crippen molar-refractivity contribution in [2.45, 2.75) is 31.6 Å². The molecule has 1 aliphatic heterocycles. The van der Waals surface area contributed by atoms with Gasteiger partial charge in [0.15, 0.2) is 0 Å². The van der Waals surface area contributed by atoms with Crippen molar-refractivity contribution in [3.8, 4) is 0 Å². The van der Waals surface area contributed by atoms with Crippen molar-refractivity contribution >= 4 is 44.9 Å². The SMILES string of the molecule is CCOC(=O)c1cc(NS(=O)(=O)c2ccc(N3CCCC3=O)c(C)c2)ccc1Cl. The van der Waals surface area contributed by atoms with Gasteiger partial charge >= 0.3 is 5.97 Å². The molecule has 1 saturated heterocycles. The molecule has 0 unspecified atom stereocenters. The molecule has 29 heavy (non-hydrogen) atoms. The first-order valence-electron chi connectivity index (χ1n) is 9.13. The molecule has 2 aromatic carbocycles. The molecule has 1 fully saturated rings. The summed E-state index contributed by atoms with van der Waals surface area (Å²) in [6.07, 6.45) is 1.29. The fourth-order valence-corrected chi connectivity index (χ4v) is 4.50. The zero-order valence-corrected chi connectivity index (χ0v) is 17.6. The van der Waals surface area contributed by atoms with E-state index in [9.17, 15) is 18.0 Å². The number of carbonyl (C=O) groups is 2. The van der Waals surface area contributed by atoms with E-state index >= 15 is 0 Å². The van der Waals surface area contributed by atoms with Crippen molar-refractivity contribution in [1.29, 1.82) is 0 Å². The number of aryl methyl sites for hydroxylation is 1. The van der Waals surface area contributed by atoms with Crippen LogP contribution in [0.4, 0.5) is 11.4 Å². The Morgan fingerprint density at radius 3 is 2.62 bits per heavy atom. The molecule has 1 aliphatic rings. The molecule has 0 bridgehead atoms. The number of rotatable bonds is 6. The highest BCUT2D eigenvalue weighted by molar-refractivity contribution is 7.92. The molecule has 7 nitrogen and oxygen atoms in total. The predicted octanol–water partition coefficient (Wildman–Crippen LogP) is 3.75. The minimum absolute atomic E-state index is 0.0366. The van der Waals surface area contributed by atoms with Crippen LogP contribution >= 0.6 is 11.6 Å². The average molecular weight is 437 g/mol. The number of hydrogen-bond donors (Lipinski definition) is 1. The summed E-state index contributed by atoms with van der Waals surface area (Å²) >= 11 is 6.02. The lowest BCUT2D eigenvalue weighted by Crippen LogP contribution is -2.24. The summed E-state index contributed by atoms with van der Waals surface area (Å²) in [4.78, 5) is 25.7. The maximum Gasteiger partial charge on any atom is 0.339 e. The first kappa shape index (κ1) is 21.1. The topological polar surface area (TPSA) is 92.8 Å². The van der Waals surface area contributed by atoms with Gasteiger partial charge in [-0.15, -0.1) is 0 Å². The Hall–Kier alpha value is -2.58. The number of benzene rings is 2. The van der Waals surface area contributed by atoms with Crippen LogP contribution in [0.15, 0.2) is 41.3 Å². The average Bonchev–Trinajstić information content (AvgIpc) is 3.09. The minimum atomic E-state index is -3.91. The highest BCUT2D eigenvalue weighted by Gasteiger charge is 2.24. The normalized spacial score (nSPS) is 14.2. The number of carbonyl (C=O) groups excluding carboxylic acids is 2. The summed E-state index contributed by atoms with van der Waals surface area (Å²) in [7, 11) is -3.91. The predicted molar refractivity (Wildman–Crippen MR) is 111 cm³/mol. The number of nitrogens with one attached hydrogen (secondary N) is 1. The van der Waals surface area contributed by atoms with Crippen LogP contribution < -0.4 is 9.62 Å². The number of anilines is 2. The molecule has 0 atom stereocenters. The van der Waals surface area contributed by atoms with Gasteiger partial charge in [-0.2, -0.15) is 0 Å². The van der Waals surface area contributed by atoms with Crippen molar-refractivity contribution in [3.05, 3.63) is 52.5 Å². The number of esters is 1. The highest BCUT2D eigenvalue weighted by atomic mass is 35.5. The van der Waals surface area contributed by atoms with Gasteiger partial charge in [-0.3, -0.25) is 9.52 Å². The maximum atomic E-state index is 12.8. The van der Waals surface area contributed by atoms with E-state index in [2.05, 4.69) is 4.72 Å². The lowest BCUT2D eigenvalue weighted by Gasteiger charge is -2.19. The Kier molecular flexibility index (Phi) is 6.14. The Labute approximate surface area is 174 Å². The second-order valence-corrected chi connectivity index (χ2v) is 8.71. The van der Waals surface area contributed by atoms with Crippen molar-refractivity contribution in [2.75, 3.05) is 22.8 Å². The van der Waals surface area contributed by atoms with E-state index < -0.39 is 16.0 Å². The molecule has 0 aliphatic carbocycles. The summed E-state index contributed by atoms with van der Waals surface area (Å²) in [5.74, 6) is -0.594. The van der Waals surface area contributed by atoms with Gasteiger partial charge in [-0.05, 0) is 62.2 Å². The quantitative estimate of drug-likeness (QED) is 0.696. The number of halogens is 1. The van der Waals surface area contributed by atoms with E-state index in [0.717, 1.165) is 6.42 Å². The van der Waals surface area contributed by atoms with E-state index in [1.165, 1.54) is 30.3 Å². The van der Waals surface area contributed by atoms with Crippen molar-refractivity contribution in [2.24, 2.45) is 0 Å². The van der Waals surface area contributed by atoms with E-state index in [1.807, 2.05) is 0 Å². The second kappa shape index (κ2) is 8.42. The standard InChI is InChI=1S/C20H21ClN2O5S/c1-3-28-20(25)16-12-14(6-8-17(16)21)22-29(26,27)15-7-9-18(13(2)11-15)23-10-4-5-19(23)24/h6-9,11-12,22H,3-5,10H2,1-2H3.